The Labute approximate surface area is 163 Å². The van der Waals surface area contributed by atoms with Gasteiger partial charge in [-0.15, -0.1) is 5.10 Å². The summed E-state index contributed by atoms with van der Waals surface area (Å²) in [5.41, 5.74) is 1.40. The van der Waals surface area contributed by atoms with Crippen molar-refractivity contribution in [1.29, 1.82) is 0 Å². The third-order valence-electron chi connectivity index (χ3n) is 4.44. The molecule has 0 bridgehead atoms. The van der Waals surface area contributed by atoms with Crippen molar-refractivity contribution >= 4 is 23.2 Å². The van der Waals surface area contributed by atoms with Gasteiger partial charge in [0.2, 0.25) is 5.82 Å². The second-order valence-corrected chi connectivity index (χ2v) is 6.56. The fourth-order valence-corrected chi connectivity index (χ4v) is 3.10. The van der Waals surface area contributed by atoms with Gasteiger partial charge >= 0.3 is 5.97 Å². The number of carbonyl (C=O) groups excluding carboxylic acids is 2. The first kappa shape index (κ1) is 18.8. The predicted octanol–water partition coefficient (Wildman–Crippen LogP) is 2.09. The molecule has 1 aliphatic rings. The van der Waals surface area contributed by atoms with Gasteiger partial charge in [-0.2, -0.15) is 0 Å². The van der Waals surface area contributed by atoms with Crippen molar-refractivity contribution in [2.45, 2.75) is 25.8 Å². The molecule has 1 aromatic carbocycles. The Bertz CT molecular complexity index is 1110. The maximum absolute atomic E-state index is 13.9. The smallest absolute Gasteiger partial charge is 0.336 e. The molecular formula is C19H17F2N5O3. The summed E-state index contributed by atoms with van der Waals surface area (Å²) in [6.45, 7) is 1.91. The van der Waals surface area contributed by atoms with Gasteiger partial charge in [-0.05, 0) is 18.6 Å². The fraction of sp³-hybridized carbons (Fsp3) is 0.263. The van der Waals surface area contributed by atoms with E-state index >= 15 is 0 Å². The SMILES string of the molecule is CCCc1cccc2nc(C(=O)N[C@H]3CNc4cc(F)cc(F)c4OC3=O)nn12. The monoisotopic (exact) mass is 401 g/mol. The number of esters is 1. The number of ether oxygens (including phenoxy) is 1. The van der Waals surface area contributed by atoms with Crippen LogP contribution in [0.2, 0.25) is 0 Å². The van der Waals surface area contributed by atoms with Crippen LogP contribution in [0.3, 0.4) is 0 Å². The number of pyridine rings is 1. The van der Waals surface area contributed by atoms with Gasteiger partial charge in [0.25, 0.3) is 5.91 Å². The van der Waals surface area contributed by atoms with Gasteiger partial charge in [0.05, 0.1) is 5.69 Å². The highest BCUT2D eigenvalue weighted by atomic mass is 19.1. The number of benzene rings is 1. The van der Waals surface area contributed by atoms with E-state index in [2.05, 4.69) is 20.7 Å². The lowest BCUT2D eigenvalue weighted by Crippen LogP contribution is -2.46. The highest BCUT2D eigenvalue weighted by Crippen LogP contribution is 2.31. The van der Waals surface area contributed by atoms with Crippen molar-refractivity contribution in [2.24, 2.45) is 0 Å². The summed E-state index contributed by atoms with van der Waals surface area (Å²) in [5.74, 6) is -3.92. The van der Waals surface area contributed by atoms with Crippen molar-refractivity contribution in [3.63, 3.8) is 0 Å². The number of carbonyl (C=O) groups is 2. The molecule has 4 rings (SSSR count). The lowest BCUT2D eigenvalue weighted by atomic mass is 10.2. The van der Waals surface area contributed by atoms with Crippen LogP contribution in [-0.2, 0) is 11.2 Å². The van der Waals surface area contributed by atoms with E-state index in [0.29, 0.717) is 11.7 Å². The minimum absolute atomic E-state index is 0.0114. The lowest BCUT2D eigenvalue weighted by molar-refractivity contribution is -0.136. The Hall–Kier alpha value is -3.56. The molecule has 2 N–H and O–H groups in total. The average molecular weight is 401 g/mol. The van der Waals surface area contributed by atoms with Gasteiger partial charge in [-0.25, -0.2) is 23.1 Å². The molecule has 0 spiro atoms. The molecule has 0 aliphatic carbocycles. The maximum atomic E-state index is 13.9. The van der Waals surface area contributed by atoms with Gasteiger partial charge in [0.1, 0.15) is 11.9 Å². The predicted molar refractivity (Wildman–Crippen MR) is 98.7 cm³/mol. The largest absolute Gasteiger partial charge is 0.420 e. The molecule has 0 saturated carbocycles. The summed E-state index contributed by atoms with van der Waals surface area (Å²) in [7, 11) is 0. The molecule has 8 nitrogen and oxygen atoms in total. The third kappa shape index (κ3) is 3.60. The topological polar surface area (TPSA) is 97.6 Å². The quantitative estimate of drug-likeness (QED) is 0.513. The fourth-order valence-electron chi connectivity index (χ4n) is 3.10. The van der Waals surface area contributed by atoms with Gasteiger partial charge < -0.3 is 15.4 Å². The van der Waals surface area contributed by atoms with Gasteiger partial charge in [0, 0.05) is 24.4 Å². The second kappa shape index (κ2) is 7.46. The number of fused-ring (bicyclic) bond motifs is 2. The van der Waals surface area contributed by atoms with E-state index in [1.807, 2.05) is 19.1 Å². The maximum Gasteiger partial charge on any atom is 0.336 e. The number of rotatable bonds is 4. The molecule has 0 unspecified atom stereocenters. The van der Waals surface area contributed by atoms with E-state index in [9.17, 15) is 18.4 Å². The lowest BCUT2D eigenvalue weighted by Gasteiger charge is -2.12. The summed E-state index contributed by atoms with van der Waals surface area (Å²) in [6, 6.07) is 5.92. The van der Waals surface area contributed by atoms with Crippen molar-refractivity contribution in [3.05, 3.63) is 53.5 Å². The Morgan fingerprint density at radius 2 is 2.21 bits per heavy atom. The van der Waals surface area contributed by atoms with Crippen molar-refractivity contribution in [1.82, 2.24) is 19.9 Å². The van der Waals surface area contributed by atoms with Gasteiger partial charge in [0.15, 0.2) is 17.2 Å². The van der Waals surface area contributed by atoms with Crippen LogP contribution in [0, 0.1) is 11.6 Å². The second-order valence-electron chi connectivity index (χ2n) is 6.56. The molecule has 10 heteroatoms. The standard InChI is InChI=1S/C19H17F2N5O3/c1-2-4-11-5-3-6-15-24-17(25-26(11)15)18(27)23-14-9-22-13-8-10(20)7-12(21)16(13)29-19(14)28/h3,5-8,14,22H,2,4,9H2,1H3,(H,23,27)/t14-/m0/s1. The van der Waals surface area contributed by atoms with Crippen LogP contribution in [-0.4, -0.2) is 39.1 Å². The Morgan fingerprint density at radius 3 is 3.00 bits per heavy atom. The zero-order valence-corrected chi connectivity index (χ0v) is 15.4. The van der Waals surface area contributed by atoms with Crippen LogP contribution in [0.15, 0.2) is 30.3 Å². The van der Waals surface area contributed by atoms with E-state index in [0.717, 1.165) is 24.6 Å². The van der Waals surface area contributed by atoms with E-state index in [-0.39, 0.29) is 18.1 Å². The number of hydrogen-bond acceptors (Lipinski definition) is 6. The first-order valence-corrected chi connectivity index (χ1v) is 9.06. The van der Waals surface area contributed by atoms with E-state index in [1.54, 1.807) is 10.6 Å². The molecule has 0 radical (unpaired) electrons. The zero-order chi connectivity index (χ0) is 20.5. The van der Waals surface area contributed by atoms with Crippen molar-refractivity contribution in [3.8, 4) is 5.75 Å². The summed E-state index contributed by atoms with van der Waals surface area (Å²) in [6.07, 6.45) is 1.67. The van der Waals surface area contributed by atoms with E-state index < -0.39 is 35.3 Å². The molecular weight excluding hydrogens is 384 g/mol. The molecule has 3 heterocycles. The molecule has 1 atom stereocenters. The summed E-state index contributed by atoms with van der Waals surface area (Å²) in [5, 5.41) is 9.41. The number of amides is 1. The van der Waals surface area contributed by atoms with Crippen LogP contribution in [0.4, 0.5) is 14.5 Å². The number of nitrogens with zero attached hydrogens (tertiary/aromatic N) is 3. The number of aryl methyl sites for hydroxylation is 1. The number of halogens is 2. The summed E-state index contributed by atoms with van der Waals surface area (Å²) < 4.78 is 33.9. The zero-order valence-electron chi connectivity index (χ0n) is 15.4. The number of anilines is 1. The molecule has 3 aromatic rings. The number of hydrogen-bond donors (Lipinski definition) is 2. The van der Waals surface area contributed by atoms with Crippen LogP contribution in [0.25, 0.3) is 5.65 Å². The molecule has 0 fully saturated rings. The minimum atomic E-state index is -1.14. The summed E-state index contributed by atoms with van der Waals surface area (Å²) in [4.78, 5) is 29.1. The van der Waals surface area contributed by atoms with E-state index in [1.165, 1.54) is 0 Å². The van der Waals surface area contributed by atoms with Crippen LogP contribution >= 0.6 is 0 Å². The van der Waals surface area contributed by atoms with Crippen LogP contribution in [0.5, 0.6) is 5.75 Å². The van der Waals surface area contributed by atoms with Crippen molar-refractivity contribution < 1.29 is 23.1 Å². The van der Waals surface area contributed by atoms with Gasteiger partial charge in [-0.3, -0.25) is 4.79 Å². The summed E-state index contributed by atoms with van der Waals surface area (Å²) >= 11 is 0. The normalized spacial score (nSPS) is 16.0. The average Bonchev–Trinajstić information content (AvgIpc) is 3.06. The highest BCUT2D eigenvalue weighted by Gasteiger charge is 2.30. The van der Waals surface area contributed by atoms with Gasteiger partial charge in [-0.1, -0.05) is 19.4 Å². The van der Waals surface area contributed by atoms with Crippen molar-refractivity contribution in [2.75, 3.05) is 11.9 Å². The first-order chi connectivity index (χ1) is 14.0. The molecule has 2 aromatic heterocycles. The first-order valence-electron chi connectivity index (χ1n) is 9.06. The van der Waals surface area contributed by atoms with E-state index in [4.69, 9.17) is 4.74 Å². The molecule has 1 amide bonds. The Morgan fingerprint density at radius 1 is 1.38 bits per heavy atom. The Balaban J connectivity index is 1.54. The van der Waals surface area contributed by atoms with Crippen LogP contribution < -0.4 is 15.4 Å². The van der Waals surface area contributed by atoms with Crippen LogP contribution in [0.1, 0.15) is 29.7 Å². The molecule has 1 aliphatic heterocycles. The minimum Gasteiger partial charge on any atom is -0.420 e. The number of aromatic nitrogens is 3. The number of nitrogens with one attached hydrogen (secondary N) is 2. The molecule has 150 valence electrons. The highest BCUT2D eigenvalue weighted by molar-refractivity contribution is 5.95. The molecule has 29 heavy (non-hydrogen) atoms. The Kier molecular flexibility index (Phi) is 4.83. The molecule has 0 saturated heterocycles. The third-order valence-corrected chi connectivity index (χ3v) is 4.44.